The Kier molecular flexibility index (Phi) is 7.09. The average molecular weight is 433 g/mol. The third-order valence-corrected chi connectivity index (χ3v) is 5.85. The number of para-hydroxylation sites is 1. The number of nitrogens with zero attached hydrogens (tertiary/aromatic N) is 4. The molecule has 4 aromatic rings. The summed E-state index contributed by atoms with van der Waals surface area (Å²) >= 11 is 1.40. The highest BCUT2D eigenvalue weighted by atomic mass is 32.2. The normalized spacial score (nSPS) is 13.1. The van der Waals surface area contributed by atoms with Crippen LogP contribution in [-0.2, 0) is 4.74 Å². The van der Waals surface area contributed by atoms with E-state index in [0.29, 0.717) is 10.9 Å². The Balaban J connectivity index is 1.39. The number of benzene rings is 3. The lowest BCUT2D eigenvalue weighted by atomic mass is 10.0. The highest BCUT2D eigenvalue weighted by molar-refractivity contribution is 7.99. The quantitative estimate of drug-likeness (QED) is 0.399. The summed E-state index contributed by atoms with van der Waals surface area (Å²) in [4.78, 5) is 0. The van der Waals surface area contributed by atoms with Crippen LogP contribution in [0.4, 0.5) is 0 Å². The van der Waals surface area contributed by atoms with E-state index >= 15 is 0 Å². The molecule has 0 fully saturated rings. The summed E-state index contributed by atoms with van der Waals surface area (Å²) in [5.41, 5.74) is 4.19. The van der Waals surface area contributed by atoms with Gasteiger partial charge in [-0.1, -0.05) is 90.1 Å². The molecule has 158 valence electrons. The second kappa shape index (κ2) is 10.3. The maximum absolute atomic E-state index is 10.6. The molecule has 0 saturated heterocycles. The fraction of sp³-hybridized carbons (Fsp3) is 0.208. The Morgan fingerprint density at radius 3 is 2.26 bits per heavy atom. The third-order valence-electron chi connectivity index (χ3n) is 4.78. The Labute approximate surface area is 185 Å². The Morgan fingerprint density at radius 2 is 1.55 bits per heavy atom. The number of aliphatic hydroxyl groups excluding tert-OH is 1. The van der Waals surface area contributed by atoms with Gasteiger partial charge in [0.15, 0.2) is 0 Å². The van der Waals surface area contributed by atoms with Gasteiger partial charge in [-0.25, -0.2) is 0 Å². The van der Waals surface area contributed by atoms with Crippen LogP contribution >= 0.6 is 11.8 Å². The third kappa shape index (κ3) is 5.58. The van der Waals surface area contributed by atoms with Crippen LogP contribution in [0.2, 0.25) is 0 Å². The van der Waals surface area contributed by atoms with Crippen molar-refractivity contribution < 1.29 is 9.84 Å². The minimum absolute atomic E-state index is 0.202. The van der Waals surface area contributed by atoms with Crippen LogP contribution in [0.15, 0.2) is 90.1 Å². The largest absolute Gasteiger partial charge is 0.390 e. The van der Waals surface area contributed by atoms with E-state index in [9.17, 15) is 5.11 Å². The number of hydrogen-bond acceptors (Lipinski definition) is 6. The van der Waals surface area contributed by atoms with Crippen LogP contribution in [0.25, 0.3) is 5.69 Å². The van der Waals surface area contributed by atoms with Crippen molar-refractivity contribution >= 4 is 11.8 Å². The first-order chi connectivity index (χ1) is 15.2. The number of rotatable bonds is 9. The summed E-state index contributed by atoms with van der Waals surface area (Å²) < 4.78 is 7.84. The van der Waals surface area contributed by atoms with Crippen molar-refractivity contribution in [1.29, 1.82) is 0 Å². The van der Waals surface area contributed by atoms with Crippen LogP contribution in [-0.4, -0.2) is 43.8 Å². The number of aryl methyl sites for hydroxylation is 1. The summed E-state index contributed by atoms with van der Waals surface area (Å²) in [5.74, 6) is 0.419. The van der Waals surface area contributed by atoms with E-state index in [1.165, 1.54) is 17.3 Å². The molecule has 4 rings (SSSR count). The molecular formula is C24H24N4O2S. The van der Waals surface area contributed by atoms with Crippen LogP contribution < -0.4 is 0 Å². The van der Waals surface area contributed by atoms with E-state index in [2.05, 4.69) is 46.7 Å². The van der Waals surface area contributed by atoms with Gasteiger partial charge in [-0.15, -0.1) is 5.10 Å². The molecule has 31 heavy (non-hydrogen) atoms. The zero-order chi connectivity index (χ0) is 21.5. The fourth-order valence-electron chi connectivity index (χ4n) is 3.18. The van der Waals surface area contributed by atoms with Crippen molar-refractivity contribution in [2.24, 2.45) is 0 Å². The number of hydrogen-bond donors (Lipinski definition) is 1. The van der Waals surface area contributed by atoms with Gasteiger partial charge in [0, 0.05) is 5.75 Å². The predicted molar refractivity (Wildman–Crippen MR) is 121 cm³/mol. The average Bonchev–Trinajstić information content (AvgIpc) is 3.29. The lowest BCUT2D eigenvalue weighted by Gasteiger charge is -2.21. The zero-order valence-electron chi connectivity index (χ0n) is 17.2. The van der Waals surface area contributed by atoms with Gasteiger partial charge < -0.3 is 9.84 Å². The Hall–Kier alpha value is -3.00. The van der Waals surface area contributed by atoms with Gasteiger partial charge in [-0.2, -0.15) is 4.68 Å². The predicted octanol–water partition coefficient (Wildman–Crippen LogP) is 4.23. The molecule has 0 aliphatic rings. The number of aromatic nitrogens is 4. The highest BCUT2D eigenvalue weighted by Crippen LogP contribution is 2.27. The number of aliphatic hydroxyl groups is 1. The van der Waals surface area contributed by atoms with Gasteiger partial charge in [-0.05, 0) is 40.6 Å². The smallest absolute Gasteiger partial charge is 0.214 e. The molecule has 2 atom stereocenters. The molecule has 1 heterocycles. The summed E-state index contributed by atoms with van der Waals surface area (Å²) in [5, 5.41) is 23.1. The van der Waals surface area contributed by atoms with Crippen molar-refractivity contribution in [3.8, 4) is 5.69 Å². The van der Waals surface area contributed by atoms with Crippen LogP contribution in [0, 0.1) is 6.92 Å². The standard InChI is InChI=1S/C24H24N4O2S/c1-18-12-14-20(15-13-18)23(19-8-4-2-5-9-19)30-16-22(29)17-31-24-25-26-27-28(24)21-10-6-3-7-11-21/h2-15,22-23,29H,16-17H2,1H3/t22-,23-/m0/s1. The fourth-order valence-corrected chi connectivity index (χ4v) is 3.98. The van der Waals surface area contributed by atoms with Crippen molar-refractivity contribution in [2.45, 2.75) is 24.3 Å². The SMILES string of the molecule is Cc1ccc([C@@H](OC[C@H](O)CSc2nnnn2-c2ccccc2)c2ccccc2)cc1. The van der Waals surface area contributed by atoms with E-state index in [4.69, 9.17) is 4.74 Å². The van der Waals surface area contributed by atoms with E-state index < -0.39 is 6.10 Å². The van der Waals surface area contributed by atoms with Gasteiger partial charge in [-0.3, -0.25) is 0 Å². The molecule has 7 heteroatoms. The molecule has 0 bridgehead atoms. The topological polar surface area (TPSA) is 73.1 Å². The molecule has 6 nitrogen and oxygen atoms in total. The van der Waals surface area contributed by atoms with Crippen LogP contribution in [0.5, 0.6) is 0 Å². The molecule has 0 spiro atoms. The lowest BCUT2D eigenvalue weighted by Crippen LogP contribution is -2.21. The molecular weight excluding hydrogens is 408 g/mol. The monoisotopic (exact) mass is 432 g/mol. The van der Waals surface area contributed by atoms with Crippen molar-refractivity contribution in [3.63, 3.8) is 0 Å². The van der Waals surface area contributed by atoms with Gasteiger partial charge in [0.1, 0.15) is 6.10 Å². The van der Waals surface area contributed by atoms with E-state index in [-0.39, 0.29) is 12.7 Å². The second-order valence-electron chi connectivity index (χ2n) is 7.21. The van der Waals surface area contributed by atoms with E-state index in [1.807, 2.05) is 60.7 Å². The van der Waals surface area contributed by atoms with Crippen molar-refractivity contribution in [1.82, 2.24) is 20.2 Å². The first kappa shape index (κ1) is 21.2. The Bertz CT molecular complexity index is 1070. The molecule has 3 aromatic carbocycles. The van der Waals surface area contributed by atoms with Gasteiger partial charge in [0.05, 0.1) is 18.4 Å². The van der Waals surface area contributed by atoms with Crippen LogP contribution in [0.1, 0.15) is 22.8 Å². The van der Waals surface area contributed by atoms with Gasteiger partial charge in [0.2, 0.25) is 5.16 Å². The van der Waals surface area contributed by atoms with Gasteiger partial charge in [0.25, 0.3) is 0 Å². The highest BCUT2D eigenvalue weighted by Gasteiger charge is 2.18. The molecule has 1 aromatic heterocycles. The molecule has 0 aliphatic carbocycles. The van der Waals surface area contributed by atoms with Crippen molar-refractivity contribution in [3.05, 3.63) is 102 Å². The lowest BCUT2D eigenvalue weighted by molar-refractivity contribution is 0.0155. The first-order valence-corrected chi connectivity index (χ1v) is 11.1. The summed E-state index contributed by atoms with van der Waals surface area (Å²) in [6.45, 7) is 2.26. The van der Waals surface area contributed by atoms with E-state index in [0.717, 1.165) is 16.8 Å². The maximum Gasteiger partial charge on any atom is 0.214 e. The summed E-state index contributed by atoms with van der Waals surface area (Å²) in [6, 6.07) is 28.0. The van der Waals surface area contributed by atoms with Gasteiger partial charge >= 0.3 is 0 Å². The minimum Gasteiger partial charge on any atom is -0.390 e. The molecule has 0 aliphatic heterocycles. The molecule has 0 unspecified atom stereocenters. The second-order valence-corrected chi connectivity index (χ2v) is 8.20. The first-order valence-electron chi connectivity index (χ1n) is 10.1. The maximum atomic E-state index is 10.6. The number of ether oxygens (including phenoxy) is 1. The molecule has 1 N–H and O–H groups in total. The summed E-state index contributed by atoms with van der Waals surface area (Å²) in [7, 11) is 0. The number of thioether (sulfide) groups is 1. The molecule has 0 radical (unpaired) electrons. The van der Waals surface area contributed by atoms with E-state index in [1.54, 1.807) is 4.68 Å². The Morgan fingerprint density at radius 1 is 0.903 bits per heavy atom. The van der Waals surface area contributed by atoms with Crippen molar-refractivity contribution in [2.75, 3.05) is 12.4 Å². The zero-order valence-corrected chi connectivity index (χ0v) is 18.0. The van der Waals surface area contributed by atoms with Crippen LogP contribution in [0.3, 0.4) is 0 Å². The molecule has 0 saturated carbocycles. The minimum atomic E-state index is -0.664. The molecule has 0 amide bonds. The number of tetrazole rings is 1. The summed E-state index contributed by atoms with van der Waals surface area (Å²) in [6.07, 6.45) is -0.904.